The van der Waals surface area contributed by atoms with Crippen molar-refractivity contribution in [2.24, 2.45) is 16.2 Å². The minimum Gasteiger partial charge on any atom is -0.507 e. The van der Waals surface area contributed by atoms with E-state index in [-0.39, 0.29) is 46.1 Å². The highest BCUT2D eigenvalue weighted by Gasteiger charge is 2.53. The van der Waals surface area contributed by atoms with Crippen LogP contribution in [0.1, 0.15) is 125 Å². The number of phenolic OH excluding ortho intramolecular Hbond substituents is 1. The first kappa shape index (κ1) is 35.8. The molecule has 43 heavy (non-hydrogen) atoms. The van der Waals surface area contributed by atoms with Crippen molar-refractivity contribution in [2.45, 2.75) is 138 Å². The Hall–Kier alpha value is -1.67. The van der Waals surface area contributed by atoms with E-state index in [0.717, 1.165) is 29.5 Å². The number of benzene rings is 1. The average molecular weight is 605 g/mol. The van der Waals surface area contributed by atoms with Crippen LogP contribution < -0.4 is 0 Å². The zero-order valence-corrected chi connectivity index (χ0v) is 29.2. The fraction of sp³-hybridized carbons (Fsp3) is 0.806. The van der Waals surface area contributed by atoms with Crippen LogP contribution in [0.4, 0.5) is 0 Å². The monoisotopic (exact) mass is 604 g/mol. The summed E-state index contributed by atoms with van der Waals surface area (Å²) in [5, 5.41) is 11.7. The molecule has 2 fully saturated rings. The Bertz CT molecular complexity index is 1050. The van der Waals surface area contributed by atoms with Gasteiger partial charge in [-0.2, -0.15) is 0 Å². The van der Waals surface area contributed by atoms with E-state index in [4.69, 9.17) is 23.7 Å². The van der Waals surface area contributed by atoms with Crippen molar-refractivity contribution in [2.75, 3.05) is 33.2 Å². The van der Waals surface area contributed by atoms with Crippen LogP contribution in [0.5, 0.6) is 5.75 Å². The maximum absolute atomic E-state index is 12.8. The van der Waals surface area contributed by atoms with Gasteiger partial charge in [-0.25, -0.2) is 0 Å². The largest absolute Gasteiger partial charge is 0.507 e. The van der Waals surface area contributed by atoms with Gasteiger partial charge in [-0.05, 0) is 60.3 Å². The lowest BCUT2D eigenvalue weighted by Crippen LogP contribution is -2.61. The molecular formula is C36H60O7. The molecular weight excluding hydrogens is 544 g/mol. The molecule has 0 aromatic heterocycles. The van der Waals surface area contributed by atoms with Crippen LogP contribution in [0.25, 0.3) is 0 Å². The average Bonchev–Trinajstić information content (AvgIpc) is 2.83. The number of ether oxygens (including phenoxy) is 5. The van der Waals surface area contributed by atoms with E-state index in [9.17, 15) is 9.90 Å². The maximum Gasteiger partial charge on any atom is 0.306 e. The van der Waals surface area contributed by atoms with Gasteiger partial charge in [-0.3, -0.25) is 4.79 Å². The molecule has 1 aromatic carbocycles. The summed E-state index contributed by atoms with van der Waals surface area (Å²) in [6.45, 7) is 28.4. The number of aryl methyl sites for hydroxylation is 1. The van der Waals surface area contributed by atoms with Gasteiger partial charge in [0.05, 0.1) is 37.4 Å². The predicted octanol–water partition coefficient (Wildman–Crippen LogP) is 7.83. The summed E-state index contributed by atoms with van der Waals surface area (Å²) in [7, 11) is 0. The highest BCUT2D eigenvalue weighted by Crippen LogP contribution is 2.47. The van der Waals surface area contributed by atoms with Crippen LogP contribution in [0.3, 0.4) is 0 Å². The lowest BCUT2D eigenvalue weighted by Gasteiger charge is -2.52. The highest BCUT2D eigenvalue weighted by atomic mass is 16.7. The Labute approximate surface area is 261 Å². The number of hydrogen-bond donors (Lipinski definition) is 1. The van der Waals surface area contributed by atoms with E-state index in [1.54, 1.807) is 0 Å². The van der Waals surface area contributed by atoms with Gasteiger partial charge >= 0.3 is 5.97 Å². The number of phenols is 1. The lowest BCUT2D eigenvalue weighted by atomic mass is 9.67. The van der Waals surface area contributed by atoms with Gasteiger partial charge in [0.2, 0.25) is 0 Å². The molecule has 2 saturated heterocycles. The van der Waals surface area contributed by atoms with E-state index in [1.165, 1.54) is 0 Å². The molecule has 0 saturated carbocycles. The molecule has 0 aliphatic carbocycles. The number of esters is 1. The Morgan fingerprint density at radius 2 is 1.40 bits per heavy atom. The second kappa shape index (κ2) is 13.0. The number of aromatic hydroxyl groups is 1. The summed E-state index contributed by atoms with van der Waals surface area (Å²) in [4.78, 5) is 12.8. The summed E-state index contributed by atoms with van der Waals surface area (Å²) >= 11 is 0. The summed E-state index contributed by atoms with van der Waals surface area (Å²) in [6, 6.07) is 4.21. The van der Waals surface area contributed by atoms with Crippen LogP contribution in [0.15, 0.2) is 12.1 Å². The number of rotatable bonds is 10. The van der Waals surface area contributed by atoms with Gasteiger partial charge in [-0.15, -0.1) is 0 Å². The molecule has 7 nitrogen and oxygen atoms in total. The molecule has 0 radical (unpaired) electrons. The Kier molecular flexibility index (Phi) is 10.8. The van der Waals surface area contributed by atoms with Crippen molar-refractivity contribution in [3.8, 4) is 5.75 Å². The maximum atomic E-state index is 12.8. The normalized spacial score (nSPS) is 21.2. The summed E-state index contributed by atoms with van der Waals surface area (Å²) in [5.41, 5.74) is 1.82. The smallest absolute Gasteiger partial charge is 0.306 e. The van der Waals surface area contributed by atoms with Gasteiger partial charge in [0.15, 0.2) is 6.29 Å². The second-order valence-electron chi connectivity index (χ2n) is 17.3. The molecule has 246 valence electrons. The minimum atomic E-state index is -0.490. The van der Waals surface area contributed by atoms with Crippen LogP contribution in [-0.2, 0) is 45.7 Å². The van der Waals surface area contributed by atoms with Crippen molar-refractivity contribution < 1.29 is 33.6 Å². The summed E-state index contributed by atoms with van der Waals surface area (Å²) < 4.78 is 29.0. The fourth-order valence-corrected chi connectivity index (χ4v) is 7.36. The summed E-state index contributed by atoms with van der Waals surface area (Å²) in [5.74, 6) is 0.137. The minimum absolute atomic E-state index is 0.0936. The third-order valence-corrected chi connectivity index (χ3v) is 8.98. The lowest BCUT2D eigenvalue weighted by molar-refractivity contribution is -0.342. The summed E-state index contributed by atoms with van der Waals surface area (Å²) in [6.07, 6.45) is 2.65. The Balaban J connectivity index is 1.68. The molecule has 2 aliphatic heterocycles. The molecule has 0 bridgehead atoms. The van der Waals surface area contributed by atoms with Gasteiger partial charge < -0.3 is 28.8 Å². The first-order chi connectivity index (χ1) is 19.6. The molecule has 1 atom stereocenters. The molecule has 1 unspecified atom stereocenters. The zero-order chi connectivity index (χ0) is 32.5. The highest BCUT2D eigenvalue weighted by molar-refractivity contribution is 5.69. The molecule has 7 heteroatoms. The van der Waals surface area contributed by atoms with Crippen molar-refractivity contribution >= 4 is 5.97 Å². The quantitative estimate of drug-likeness (QED) is 0.273. The van der Waals surface area contributed by atoms with Gasteiger partial charge in [-0.1, -0.05) is 81.4 Å². The van der Waals surface area contributed by atoms with Crippen molar-refractivity contribution in [1.82, 2.24) is 0 Å². The van der Waals surface area contributed by atoms with Crippen LogP contribution in [0, 0.1) is 16.2 Å². The second-order valence-corrected chi connectivity index (χ2v) is 17.3. The number of carbonyl (C=O) groups excluding carboxylic acids is 1. The van der Waals surface area contributed by atoms with Gasteiger partial charge in [0.1, 0.15) is 12.5 Å². The van der Waals surface area contributed by atoms with Gasteiger partial charge in [0.25, 0.3) is 0 Å². The van der Waals surface area contributed by atoms with Crippen molar-refractivity contribution in [1.29, 1.82) is 0 Å². The first-order valence-electron chi connectivity index (χ1n) is 16.0. The Morgan fingerprint density at radius 1 is 0.884 bits per heavy atom. The van der Waals surface area contributed by atoms with E-state index in [2.05, 4.69) is 81.4 Å². The van der Waals surface area contributed by atoms with E-state index in [1.807, 2.05) is 13.8 Å². The Morgan fingerprint density at radius 3 is 1.86 bits per heavy atom. The first-order valence-corrected chi connectivity index (χ1v) is 16.0. The molecule has 2 aliphatic rings. The SMILES string of the molecule is CC(C)(C)CC(C)(C)c1cc(CCC(=O)OCCC2OCC3(COCOC3)C(C)(C)O2)cc(C(C)(C)CC(C)(C)C)c1O. The molecule has 0 amide bonds. The molecule has 1 spiro atoms. The van der Waals surface area contributed by atoms with E-state index < -0.39 is 11.9 Å². The third kappa shape index (κ3) is 9.42. The topological polar surface area (TPSA) is 83.5 Å². The van der Waals surface area contributed by atoms with E-state index >= 15 is 0 Å². The van der Waals surface area contributed by atoms with Gasteiger partial charge in [0, 0.05) is 24.0 Å². The fourth-order valence-electron chi connectivity index (χ4n) is 7.36. The van der Waals surface area contributed by atoms with Crippen molar-refractivity contribution in [3.63, 3.8) is 0 Å². The molecule has 2 heterocycles. The van der Waals surface area contributed by atoms with Crippen LogP contribution in [-0.4, -0.2) is 56.2 Å². The van der Waals surface area contributed by atoms with Crippen LogP contribution in [0.2, 0.25) is 0 Å². The third-order valence-electron chi connectivity index (χ3n) is 8.98. The number of carbonyl (C=O) groups is 1. The predicted molar refractivity (Wildman–Crippen MR) is 170 cm³/mol. The van der Waals surface area contributed by atoms with E-state index in [0.29, 0.717) is 45.2 Å². The standard InChI is InChI=1S/C36H60O7/c1-31(2,3)19-33(7,8)26-17-25(18-27(30(26)38)34(9,10)20-32(4,5)6)13-14-28(37)41-16-15-29-42-23-36(35(11,12)43-29)21-39-24-40-22-36/h17-18,29,38H,13-16,19-24H2,1-12H3. The van der Waals surface area contributed by atoms with Crippen molar-refractivity contribution in [3.05, 3.63) is 28.8 Å². The van der Waals surface area contributed by atoms with Crippen LogP contribution >= 0.6 is 0 Å². The number of hydrogen-bond acceptors (Lipinski definition) is 7. The molecule has 1 N–H and O–H groups in total. The molecule has 1 aromatic rings. The molecule has 3 rings (SSSR count). The zero-order valence-electron chi connectivity index (χ0n) is 29.2.